The van der Waals surface area contributed by atoms with Crippen molar-refractivity contribution < 1.29 is 0 Å². The Labute approximate surface area is 118 Å². The van der Waals surface area contributed by atoms with E-state index in [0.717, 1.165) is 13.1 Å². The first-order chi connectivity index (χ1) is 7.09. The molecule has 1 rings (SSSR count). The highest BCUT2D eigenvalue weighted by molar-refractivity contribution is 5.85. The fourth-order valence-electron chi connectivity index (χ4n) is 1.42. The van der Waals surface area contributed by atoms with Crippen LogP contribution in [0.25, 0.3) is 0 Å². The number of nitrogens with zero attached hydrogens (tertiary/aromatic N) is 1. The average molecular weight is 279 g/mol. The van der Waals surface area contributed by atoms with Crippen LogP contribution >= 0.6 is 24.8 Å². The summed E-state index contributed by atoms with van der Waals surface area (Å²) >= 11 is 0. The highest BCUT2D eigenvalue weighted by atomic mass is 35.5. The number of rotatable bonds is 5. The molecule has 0 radical (unpaired) electrons. The summed E-state index contributed by atoms with van der Waals surface area (Å²) in [6.45, 7) is 6.49. The second-order valence-corrected chi connectivity index (χ2v) is 4.59. The molecule has 0 aromatic heterocycles. The van der Waals surface area contributed by atoms with Crippen LogP contribution in [0.1, 0.15) is 19.4 Å². The van der Waals surface area contributed by atoms with Crippen molar-refractivity contribution in [2.75, 3.05) is 25.5 Å². The standard InChI is InChI=1S/C13H22N2.2ClH/c1-11(2)9-14-10-12-5-7-13(8-6-12)15(3)4;;/h5-8,11,14H,9-10H2,1-4H3;2*1H. The van der Waals surface area contributed by atoms with Crippen LogP contribution in [-0.4, -0.2) is 20.6 Å². The summed E-state index contributed by atoms with van der Waals surface area (Å²) in [5.41, 5.74) is 2.60. The van der Waals surface area contributed by atoms with Crippen molar-refractivity contribution >= 4 is 30.5 Å². The van der Waals surface area contributed by atoms with Gasteiger partial charge in [0.1, 0.15) is 0 Å². The van der Waals surface area contributed by atoms with Crippen molar-refractivity contribution in [2.45, 2.75) is 20.4 Å². The van der Waals surface area contributed by atoms with Gasteiger partial charge in [-0.05, 0) is 30.2 Å². The SMILES string of the molecule is CC(C)CNCc1ccc(N(C)C)cc1.Cl.Cl. The van der Waals surface area contributed by atoms with Crippen molar-refractivity contribution in [3.05, 3.63) is 29.8 Å². The quantitative estimate of drug-likeness (QED) is 0.889. The molecule has 0 unspecified atom stereocenters. The Hall–Kier alpha value is -0.440. The van der Waals surface area contributed by atoms with Gasteiger partial charge in [-0.1, -0.05) is 26.0 Å². The van der Waals surface area contributed by atoms with Crippen LogP contribution in [0.3, 0.4) is 0 Å². The van der Waals surface area contributed by atoms with Crippen LogP contribution in [0.4, 0.5) is 5.69 Å². The Balaban J connectivity index is 0. The molecule has 1 aromatic carbocycles. The third kappa shape index (κ3) is 7.48. The van der Waals surface area contributed by atoms with Crippen LogP contribution in [-0.2, 0) is 6.54 Å². The maximum atomic E-state index is 3.44. The summed E-state index contributed by atoms with van der Waals surface area (Å²) in [5.74, 6) is 0.714. The first-order valence-electron chi connectivity index (χ1n) is 5.56. The molecule has 0 amide bonds. The van der Waals surface area contributed by atoms with Crippen molar-refractivity contribution in [3.8, 4) is 0 Å². The van der Waals surface area contributed by atoms with Crippen LogP contribution in [0.15, 0.2) is 24.3 Å². The van der Waals surface area contributed by atoms with E-state index in [1.807, 2.05) is 0 Å². The fourth-order valence-corrected chi connectivity index (χ4v) is 1.42. The van der Waals surface area contributed by atoms with Crippen molar-refractivity contribution in [1.82, 2.24) is 5.32 Å². The largest absolute Gasteiger partial charge is 0.378 e. The Kier molecular flexibility index (Phi) is 10.7. The summed E-state index contributed by atoms with van der Waals surface area (Å²) in [5, 5.41) is 3.44. The van der Waals surface area contributed by atoms with Crippen LogP contribution in [0.5, 0.6) is 0 Å². The molecule has 0 bridgehead atoms. The molecule has 0 aliphatic carbocycles. The van der Waals surface area contributed by atoms with Gasteiger partial charge in [-0.2, -0.15) is 0 Å². The molecule has 0 spiro atoms. The molecule has 0 aliphatic heterocycles. The predicted octanol–water partition coefficient (Wildman–Crippen LogP) is 3.34. The van der Waals surface area contributed by atoms with Gasteiger partial charge >= 0.3 is 0 Å². The lowest BCUT2D eigenvalue weighted by Gasteiger charge is -2.13. The van der Waals surface area contributed by atoms with Gasteiger partial charge in [-0.25, -0.2) is 0 Å². The number of halogens is 2. The lowest BCUT2D eigenvalue weighted by Crippen LogP contribution is -2.19. The predicted molar refractivity (Wildman–Crippen MR) is 81.8 cm³/mol. The third-order valence-corrected chi connectivity index (χ3v) is 2.33. The van der Waals surface area contributed by atoms with E-state index in [9.17, 15) is 0 Å². The van der Waals surface area contributed by atoms with E-state index in [1.54, 1.807) is 0 Å². The minimum Gasteiger partial charge on any atom is -0.378 e. The van der Waals surface area contributed by atoms with Crippen LogP contribution < -0.4 is 10.2 Å². The molecule has 0 heterocycles. The summed E-state index contributed by atoms with van der Waals surface area (Å²) in [6.07, 6.45) is 0. The molecule has 1 aromatic rings. The normalized spacial score (nSPS) is 9.47. The first kappa shape index (κ1) is 18.9. The molecule has 17 heavy (non-hydrogen) atoms. The van der Waals surface area contributed by atoms with Crippen LogP contribution in [0, 0.1) is 5.92 Å². The third-order valence-electron chi connectivity index (χ3n) is 2.33. The molecule has 0 aliphatic rings. The zero-order chi connectivity index (χ0) is 11.3. The summed E-state index contributed by atoms with van der Waals surface area (Å²) in [6, 6.07) is 8.68. The van der Waals surface area contributed by atoms with E-state index in [1.165, 1.54) is 11.3 Å². The second kappa shape index (κ2) is 9.58. The molecule has 0 saturated carbocycles. The van der Waals surface area contributed by atoms with E-state index in [0.29, 0.717) is 5.92 Å². The molecule has 0 fully saturated rings. The molecule has 4 heteroatoms. The number of hydrogen-bond acceptors (Lipinski definition) is 2. The topological polar surface area (TPSA) is 15.3 Å². The molecule has 0 saturated heterocycles. The molecular weight excluding hydrogens is 255 g/mol. The summed E-state index contributed by atoms with van der Waals surface area (Å²) in [4.78, 5) is 2.12. The van der Waals surface area contributed by atoms with Gasteiger partial charge in [0.05, 0.1) is 0 Å². The smallest absolute Gasteiger partial charge is 0.0361 e. The Morgan fingerprint density at radius 1 is 1.06 bits per heavy atom. The van der Waals surface area contributed by atoms with Gasteiger partial charge in [0.15, 0.2) is 0 Å². The summed E-state index contributed by atoms with van der Waals surface area (Å²) in [7, 11) is 4.12. The summed E-state index contributed by atoms with van der Waals surface area (Å²) < 4.78 is 0. The van der Waals surface area contributed by atoms with Crippen molar-refractivity contribution in [1.29, 1.82) is 0 Å². The van der Waals surface area contributed by atoms with Crippen molar-refractivity contribution in [2.24, 2.45) is 5.92 Å². The first-order valence-corrected chi connectivity index (χ1v) is 5.56. The Morgan fingerprint density at radius 3 is 2.00 bits per heavy atom. The lowest BCUT2D eigenvalue weighted by atomic mass is 10.2. The molecule has 0 atom stereocenters. The van der Waals surface area contributed by atoms with E-state index >= 15 is 0 Å². The molecule has 2 nitrogen and oxygen atoms in total. The maximum Gasteiger partial charge on any atom is 0.0361 e. The minimum atomic E-state index is 0. The van der Waals surface area contributed by atoms with E-state index in [-0.39, 0.29) is 24.8 Å². The highest BCUT2D eigenvalue weighted by Gasteiger charge is 1.97. The van der Waals surface area contributed by atoms with Gasteiger partial charge in [-0.15, -0.1) is 24.8 Å². The average Bonchev–Trinajstić information content (AvgIpc) is 2.18. The Morgan fingerprint density at radius 2 is 1.59 bits per heavy atom. The maximum absolute atomic E-state index is 3.44. The van der Waals surface area contributed by atoms with Gasteiger partial charge in [-0.3, -0.25) is 0 Å². The number of anilines is 1. The van der Waals surface area contributed by atoms with Gasteiger partial charge in [0, 0.05) is 26.3 Å². The highest BCUT2D eigenvalue weighted by Crippen LogP contribution is 2.11. The van der Waals surface area contributed by atoms with E-state index in [4.69, 9.17) is 0 Å². The lowest BCUT2D eigenvalue weighted by molar-refractivity contribution is 0.552. The number of hydrogen-bond donors (Lipinski definition) is 1. The molecule has 100 valence electrons. The van der Waals surface area contributed by atoms with E-state index in [2.05, 4.69) is 62.4 Å². The second-order valence-electron chi connectivity index (χ2n) is 4.59. The van der Waals surface area contributed by atoms with Gasteiger partial charge in [0.2, 0.25) is 0 Å². The zero-order valence-corrected chi connectivity index (χ0v) is 12.7. The van der Waals surface area contributed by atoms with Gasteiger partial charge < -0.3 is 10.2 Å². The molecule has 1 N–H and O–H groups in total. The zero-order valence-electron chi connectivity index (χ0n) is 11.1. The number of nitrogens with one attached hydrogen (secondary N) is 1. The molecular formula is C13H24Cl2N2. The minimum absolute atomic E-state index is 0. The van der Waals surface area contributed by atoms with E-state index < -0.39 is 0 Å². The van der Waals surface area contributed by atoms with Gasteiger partial charge in [0.25, 0.3) is 0 Å². The fraction of sp³-hybridized carbons (Fsp3) is 0.538. The Bertz CT molecular complexity index is 284. The monoisotopic (exact) mass is 278 g/mol. The number of benzene rings is 1. The van der Waals surface area contributed by atoms with Crippen LogP contribution in [0.2, 0.25) is 0 Å². The van der Waals surface area contributed by atoms with Crippen molar-refractivity contribution in [3.63, 3.8) is 0 Å².